The van der Waals surface area contributed by atoms with Crippen LogP contribution >= 0.6 is 0 Å². The lowest BCUT2D eigenvalue weighted by molar-refractivity contribution is 0.872. The summed E-state index contributed by atoms with van der Waals surface area (Å²) >= 11 is 0. The maximum Gasteiger partial charge on any atom is 0.0955 e. The fraction of sp³-hybridized carbons (Fsp3) is 0.500. The summed E-state index contributed by atoms with van der Waals surface area (Å²) in [6, 6.07) is 0. The van der Waals surface area contributed by atoms with Gasteiger partial charge in [0.15, 0.2) is 0 Å². The molecule has 1 aromatic rings. The van der Waals surface area contributed by atoms with E-state index < -0.39 is 0 Å². The largest absolute Gasteiger partial charge is 0.334 e. The van der Waals surface area contributed by atoms with Crippen LogP contribution < -0.4 is 10.7 Å². The lowest BCUT2D eigenvalue weighted by Crippen LogP contribution is -2.30. The van der Waals surface area contributed by atoms with E-state index in [2.05, 4.69) is 21.7 Å². The molecule has 2 heteroatoms. The molecule has 0 saturated carbocycles. The molecule has 1 heterocycles. The lowest BCUT2D eigenvalue weighted by atomic mass is 10.2. The average Bonchev–Trinajstić information content (AvgIpc) is 2.53. The quantitative estimate of drug-likeness (QED) is 0.554. The molecule has 0 fully saturated rings. The van der Waals surface area contributed by atoms with Crippen LogP contribution in [0.25, 0.3) is 12.2 Å². The minimum atomic E-state index is 1.14. The minimum Gasteiger partial charge on any atom is -0.334 e. The maximum atomic E-state index is 4.23. The Bertz CT molecular complexity index is 346. The number of aromatic nitrogens is 2. The van der Waals surface area contributed by atoms with Crippen LogP contribution in [0.1, 0.15) is 26.7 Å². The summed E-state index contributed by atoms with van der Waals surface area (Å²) in [5.41, 5.74) is 0. The van der Waals surface area contributed by atoms with Crippen LogP contribution in [0.3, 0.4) is 0 Å². The van der Waals surface area contributed by atoms with Gasteiger partial charge >= 0.3 is 0 Å². The van der Waals surface area contributed by atoms with Gasteiger partial charge in [-0.15, -0.1) is 0 Å². The molecule has 0 aromatic carbocycles. The average molecular weight is 164 g/mol. The van der Waals surface area contributed by atoms with Crippen molar-refractivity contribution < 1.29 is 0 Å². The van der Waals surface area contributed by atoms with Crippen LogP contribution in [0, 0.1) is 0 Å². The van der Waals surface area contributed by atoms with Gasteiger partial charge in [-0.1, -0.05) is 26.0 Å². The molecular weight excluding hydrogens is 148 g/mol. The van der Waals surface area contributed by atoms with Crippen LogP contribution in [0.5, 0.6) is 0 Å². The molecule has 0 amide bonds. The Morgan fingerprint density at radius 1 is 1.25 bits per heavy atom. The van der Waals surface area contributed by atoms with Gasteiger partial charge in [0.25, 0.3) is 0 Å². The van der Waals surface area contributed by atoms with Crippen LogP contribution in [0.2, 0.25) is 0 Å². The van der Waals surface area contributed by atoms with Gasteiger partial charge in [-0.05, 0) is 12.8 Å². The van der Waals surface area contributed by atoms with Gasteiger partial charge in [-0.3, -0.25) is 0 Å². The van der Waals surface area contributed by atoms with Gasteiger partial charge < -0.3 is 4.57 Å². The molecular formula is C10H16N2. The van der Waals surface area contributed by atoms with E-state index in [1.54, 1.807) is 0 Å². The standard InChI is InChI=1S/C8H10N2.C2H6/c1-10-6-9-7-4-2-3-5-8(7)10;1-2/h4-6H,2-3H2,1H3;1-2H3. The Labute approximate surface area is 73.2 Å². The van der Waals surface area contributed by atoms with E-state index >= 15 is 0 Å². The van der Waals surface area contributed by atoms with Crippen molar-refractivity contribution in [2.45, 2.75) is 26.7 Å². The monoisotopic (exact) mass is 164 g/mol. The Balaban J connectivity index is 0.000000336. The summed E-state index contributed by atoms with van der Waals surface area (Å²) in [7, 11) is 2.03. The molecule has 0 saturated heterocycles. The van der Waals surface area contributed by atoms with E-state index in [-0.39, 0.29) is 0 Å². The van der Waals surface area contributed by atoms with Crippen molar-refractivity contribution in [1.82, 2.24) is 9.55 Å². The number of hydrogen-bond acceptors (Lipinski definition) is 1. The number of fused-ring (bicyclic) bond motifs is 1. The van der Waals surface area contributed by atoms with Crippen molar-refractivity contribution >= 4 is 12.2 Å². The van der Waals surface area contributed by atoms with E-state index in [1.165, 1.54) is 5.35 Å². The topological polar surface area (TPSA) is 17.8 Å². The molecule has 1 aliphatic carbocycles. The van der Waals surface area contributed by atoms with Crippen molar-refractivity contribution in [3.8, 4) is 0 Å². The third kappa shape index (κ3) is 1.58. The van der Waals surface area contributed by atoms with Gasteiger partial charge in [0.2, 0.25) is 0 Å². The molecule has 66 valence electrons. The van der Waals surface area contributed by atoms with Gasteiger partial charge in [-0.2, -0.15) is 0 Å². The summed E-state index contributed by atoms with van der Waals surface area (Å²) in [6.45, 7) is 4.00. The smallest absolute Gasteiger partial charge is 0.0955 e. The summed E-state index contributed by atoms with van der Waals surface area (Å²) in [4.78, 5) is 4.23. The molecule has 12 heavy (non-hydrogen) atoms. The number of hydrogen-bond donors (Lipinski definition) is 0. The van der Waals surface area contributed by atoms with E-state index in [9.17, 15) is 0 Å². The van der Waals surface area contributed by atoms with Crippen molar-refractivity contribution in [3.05, 3.63) is 17.0 Å². The molecule has 0 spiro atoms. The lowest BCUT2D eigenvalue weighted by Gasteiger charge is -1.94. The molecule has 2 rings (SSSR count). The van der Waals surface area contributed by atoms with E-state index in [0.29, 0.717) is 0 Å². The second-order valence-corrected chi connectivity index (χ2v) is 2.61. The first-order valence-corrected chi connectivity index (χ1v) is 4.55. The van der Waals surface area contributed by atoms with E-state index in [4.69, 9.17) is 0 Å². The van der Waals surface area contributed by atoms with Crippen molar-refractivity contribution in [2.75, 3.05) is 0 Å². The highest BCUT2D eigenvalue weighted by molar-refractivity contribution is 5.33. The highest BCUT2D eigenvalue weighted by Gasteiger charge is 1.95. The molecule has 0 aliphatic heterocycles. The molecule has 1 aliphatic rings. The van der Waals surface area contributed by atoms with Crippen LogP contribution in [0.4, 0.5) is 0 Å². The first kappa shape index (κ1) is 9.04. The summed E-state index contributed by atoms with van der Waals surface area (Å²) in [5.74, 6) is 0. The second-order valence-electron chi connectivity index (χ2n) is 2.61. The molecule has 0 N–H and O–H groups in total. The third-order valence-electron chi connectivity index (χ3n) is 1.85. The fourth-order valence-corrected chi connectivity index (χ4v) is 1.30. The highest BCUT2D eigenvalue weighted by Crippen LogP contribution is 1.92. The van der Waals surface area contributed by atoms with Crippen molar-refractivity contribution in [1.29, 1.82) is 0 Å². The minimum absolute atomic E-state index is 1.14. The SMILES string of the molecule is CC.Cn1cnc2c1=CCCC=2. The number of imidazole rings is 1. The number of nitrogens with zero attached hydrogens (tertiary/aromatic N) is 2. The zero-order chi connectivity index (χ0) is 8.97. The van der Waals surface area contributed by atoms with Gasteiger partial charge in [-0.25, -0.2) is 4.98 Å². The molecule has 1 aromatic heterocycles. The van der Waals surface area contributed by atoms with Gasteiger partial charge in [0, 0.05) is 7.05 Å². The van der Waals surface area contributed by atoms with E-state index in [1.807, 2.05) is 27.2 Å². The zero-order valence-electron chi connectivity index (χ0n) is 8.04. The predicted molar refractivity (Wildman–Crippen MR) is 52.0 cm³/mol. The first-order chi connectivity index (χ1) is 5.88. The zero-order valence-corrected chi connectivity index (χ0v) is 8.04. The third-order valence-corrected chi connectivity index (χ3v) is 1.85. The summed E-state index contributed by atoms with van der Waals surface area (Å²) in [6.07, 6.45) is 8.59. The summed E-state index contributed by atoms with van der Waals surface area (Å²) < 4.78 is 2.06. The number of aryl methyl sites for hydroxylation is 1. The molecule has 0 radical (unpaired) electrons. The molecule has 0 atom stereocenters. The normalized spacial score (nSPS) is 13.2. The Hall–Kier alpha value is -1.05. The van der Waals surface area contributed by atoms with Crippen LogP contribution in [-0.4, -0.2) is 9.55 Å². The second kappa shape index (κ2) is 4.10. The van der Waals surface area contributed by atoms with Crippen LogP contribution in [-0.2, 0) is 7.05 Å². The first-order valence-electron chi connectivity index (χ1n) is 4.55. The van der Waals surface area contributed by atoms with E-state index in [0.717, 1.165) is 18.2 Å². The molecule has 0 unspecified atom stereocenters. The maximum absolute atomic E-state index is 4.23. The summed E-state index contributed by atoms with van der Waals surface area (Å²) in [5, 5.41) is 2.42. The molecule has 0 bridgehead atoms. The highest BCUT2D eigenvalue weighted by atomic mass is 15.0. The Morgan fingerprint density at radius 3 is 2.58 bits per heavy atom. The predicted octanol–water partition coefficient (Wildman–Crippen LogP) is 0.801. The number of rotatable bonds is 0. The van der Waals surface area contributed by atoms with Gasteiger partial charge in [0.05, 0.1) is 17.0 Å². The fourth-order valence-electron chi connectivity index (χ4n) is 1.30. The van der Waals surface area contributed by atoms with Crippen molar-refractivity contribution in [3.63, 3.8) is 0 Å². The van der Waals surface area contributed by atoms with Gasteiger partial charge in [0.1, 0.15) is 0 Å². The van der Waals surface area contributed by atoms with Crippen molar-refractivity contribution in [2.24, 2.45) is 7.05 Å². The molecule has 2 nitrogen and oxygen atoms in total. The Kier molecular flexibility index (Phi) is 3.09. The Morgan fingerprint density at radius 2 is 1.92 bits per heavy atom. The van der Waals surface area contributed by atoms with Crippen LogP contribution in [0.15, 0.2) is 6.33 Å².